The third-order valence-electron chi connectivity index (χ3n) is 5.19. The van der Waals surface area contributed by atoms with Crippen molar-refractivity contribution in [1.82, 2.24) is 10.6 Å². The van der Waals surface area contributed by atoms with Crippen LogP contribution < -0.4 is 10.6 Å². The molecule has 2 aromatic rings. The van der Waals surface area contributed by atoms with E-state index in [1.54, 1.807) is 0 Å². The first-order valence-corrected chi connectivity index (χ1v) is 10.0. The van der Waals surface area contributed by atoms with Gasteiger partial charge in [0.2, 0.25) is 0 Å². The van der Waals surface area contributed by atoms with Gasteiger partial charge in [-0.2, -0.15) is 0 Å². The van der Waals surface area contributed by atoms with E-state index in [0.29, 0.717) is 5.92 Å². The zero-order valence-electron chi connectivity index (χ0n) is 17.5. The van der Waals surface area contributed by atoms with Gasteiger partial charge in [-0.1, -0.05) is 39.0 Å². The summed E-state index contributed by atoms with van der Waals surface area (Å²) in [6.45, 7) is 9.32. The molecule has 0 amide bonds. The summed E-state index contributed by atoms with van der Waals surface area (Å²) in [5.41, 5.74) is 1.10. The van der Waals surface area contributed by atoms with Crippen LogP contribution in [0.4, 0.5) is 0 Å². The minimum Gasteiger partial charge on any atom is -0.461 e. The Kier molecular flexibility index (Phi) is 8.61. The van der Waals surface area contributed by atoms with E-state index in [4.69, 9.17) is 9.15 Å². The lowest BCUT2D eigenvalue weighted by Gasteiger charge is -2.40. The number of hydrogen-bond donors (Lipinski definition) is 2. The van der Waals surface area contributed by atoms with Crippen molar-refractivity contribution in [3.05, 3.63) is 36.1 Å². The zero-order chi connectivity index (χ0) is 19.3. The first-order chi connectivity index (χ1) is 13.0. The number of ether oxygens (including phenoxy) is 1. The monoisotopic (exact) mass is 499 g/mol. The number of furan rings is 1. The van der Waals surface area contributed by atoms with Crippen molar-refractivity contribution in [2.75, 3.05) is 26.7 Å². The zero-order valence-corrected chi connectivity index (χ0v) is 19.8. The molecule has 2 atom stereocenters. The van der Waals surface area contributed by atoms with Gasteiger partial charge in [0.15, 0.2) is 5.96 Å². The normalized spacial score (nSPS) is 20.6. The van der Waals surface area contributed by atoms with E-state index < -0.39 is 0 Å². The van der Waals surface area contributed by atoms with Gasteiger partial charge in [-0.05, 0) is 30.4 Å². The molecule has 2 heterocycles. The number of fused-ring (bicyclic) bond motifs is 1. The maximum atomic E-state index is 6.08. The number of rotatable bonds is 5. The van der Waals surface area contributed by atoms with Crippen LogP contribution in [0.3, 0.4) is 0 Å². The maximum Gasteiger partial charge on any atom is 0.191 e. The maximum absolute atomic E-state index is 6.08. The van der Waals surface area contributed by atoms with Crippen LogP contribution in [0.15, 0.2) is 39.7 Å². The predicted octanol–water partition coefficient (Wildman–Crippen LogP) is 4.60. The molecule has 0 bridgehead atoms. The highest BCUT2D eigenvalue weighted by Crippen LogP contribution is 2.33. The van der Waals surface area contributed by atoms with Gasteiger partial charge in [0.05, 0.1) is 6.10 Å². The average Bonchev–Trinajstić information content (AvgIpc) is 3.06. The number of guanidine groups is 1. The molecule has 0 aliphatic carbocycles. The summed E-state index contributed by atoms with van der Waals surface area (Å²) in [6.07, 6.45) is 3.45. The molecule has 1 fully saturated rings. The van der Waals surface area contributed by atoms with Crippen LogP contribution in [0.5, 0.6) is 0 Å². The van der Waals surface area contributed by atoms with Gasteiger partial charge >= 0.3 is 0 Å². The number of para-hydroxylation sites is 1. The Hall–Kier alpha value is -1.28. The second kappa shape index (κ2) is 10.5. The summed E-state index contributed by atoms with van der Waals surface area (Å²) in [7, 11) is 1.81. The van der Waals surface area contributed by atoms with Crippen molar-refractivity contribution >= 4 is 40.9 Å². The van der Waals surface area contributed by atoms with E-state index in [0.717, 1.165) is 55.2 Å². The fourth-order valence-electron chi connectivity index (χ4n) is 3.92. The number of hydrogen-bond acceptors (Lipinski definition) is 3. The van der Waals surface area contributed by atoms with Crippen molar-refractivity contribution in [2.24, 2.45) is 16.3 Å². The first-order valence-electron chi connectivity index (χ1n) is 10.0. The quantitative estimate of drug-likeness (QED) is 0.359. The summed E-state index contributed by atoms with van der Waals surface area (Å²) in [6, 6.07) is 10.2. The Balaban J connectivity index is 0.00000280. The lowest BCUT2D eigenvalue weighted by Crippen LogP contribution is -2.47. The smallest absolute Gasteiger partial charge is 0.191 e. The molecule has 5 nitrogen and oxygen atoms in total. The molecule has 1 aliphatic heterocycles. The molecule has 1 aromatic heterocycles. The Morgan fingerprint density at radius 1 is 1.21 bits per heavy atom. The second-order valence-corrected chi connectivity index (χ2v) is 8.44. The van der Waals surface area contributed by atoms with E-state index in [1.807, 2.05) is 25.2 Å². The van der Waals surface area contributed by atoms with Crippen LogP contribution in [0.25, 0.3) is 11.0 Å². The second-order valence-electron chi connectivity index (χ2n) is 8.44. The lowest BCUT2D eigenvalue weighted by molar-refractivity contribution is -0.0835. The van der Waals surface area contributed by atoms with Crippen molar-refractivity contribution in [3.8, 4) is 0 Å². The largest absolute Gasteiger partial charge is 0.461 e. The molecule has 156 valence electrons. The van der Waals surface area contributed by atoms with Crippen molar-refractivity contribution in [2.45, 2.75) is 46.1 Å². The summed E-state index contributed by atoms with van der Waals surface area (Å²) in [4.78, 5) is 4.36. The Bertz CT molecular complexity index is 733. The standard InChI is InChI=1S/C22H33N3O2.HI/c1-22(2,3)20-17(9-7-13-26-20)15-25-21(23-4)24-12-11-18-14-16-8-5-6-10-19(16)27-18;/h5-6,8,10,14,17,20H,7,9,11-13,15H2,1-4H3,(H2,23,24,25);1H. The van der Waals surface area contributed by atoms with Gasteiger partial charge in [0.1, 0.15) is 11.3 Å². The van der Waals surface area contributed by atoms with Crippen LogP contribution in [0.2, 0.25) is 0 Å². The lowest BCUT2D eigenvalue weighted by atomic mass is 9.78. The van der Waals surface area contributed by atoms with Crippen molar-refractivity contribution in [1.29, 1.82) is 0 Å². The third-order valence-corrected chi connectivity index (χ3v) is 5.19. The Morgan fingerprint density at radius 3 is 2.71 bits per heavy atom. The van der Waals surface area contributed by atoms with E-state index >= 15 is 0 Å². The summed E-state index contributed by atoms with van der Waals surface area (Å²) >= 11 is 0. The van der Waals surface area contributed by atoms with Crippen molar-refractivity contribution in [3.63, 3.8) is 0 Å². The summed E-state index contributed by atoms with van der Waals surface area (Å²) in [5.74, 6) is 2.34. The molecule has 1 aromatic carbocycles. The highest BCUT2D eigenvalue weighted by Gasteiger charge is 2.35. The minimum absolute atomic E-state index is 0. The summed E-state index contributed by atoms with van der Waals surface area (Å²) in [5, 5.41) is 8.03. The molecule has 28 heavy (non-hydrogen) atoms. The van der Waals surface area contributed by atoms with Crippen LogP contribution >= 0.6 is 24.0 Å². The molecular formula is C22H34IN3O2. The summed E-state index contributed by atoms with van der Waals surface area (Å²) < 4.78 is 11.9. The molecule has 2 N–H and O–H groups in total. The van der Waals surface area contributed by atoms with Gasteiger partial charge in [0.25, 0.3) is 0 Å². The molecule has 6 heteroatoms. The van der Waals surface area contributed by atoms with E-state index in [2.05, 4.69) is 48.5 Å². The predicted molar refractivity (Wildman–Crippen MR) is 127 cm³/mol. The van der Waals surface area contributed by atoms with Crippen LogP contribution in [0.1, 0.15) is 39.4 Å². The number of nitrogens with zero attached hydrogens (tertiary/aromatic N) is 1. The van der Waals surface area contributed by atoms with Gasteiger partial charge in [-0.15, -0.1) is 24.0 Å². The van der Waals surface area contributed by atoms with E-state index in [1.165, 1.54) is 6.42 Å². The number of benzene rings is 1. The first kappa shape index (κ1) is 23.0. The van der Waals surface area contributed by atoms with Gasteiger partial charge in [0, 0.05) is 44.5 Å². The van der Waals surface area contributed by atoms with Crippen LogP contribution in [0, 0.1) is 11.3 Å². The Labute approximate surface area is 185 Å². The molecule has 3 rings (SSSR count). The number of aliphatic imine (C=N–C) groups is 1. The SMILES string of the molecule is CN=C(NCCc1cc2ccccc2o1)NCC1CCCOC1C(C)(C)C.I. The molecule has 1 saturated heterocycles. The minimum atomic E-state index is 0. The highest BCUT2D eigenvalue weighted by molar-refractivity contribution is 14.0. The van der Waals surface area contributed by atoms with Gasteiger partial charge < -0.3 is 19.8 Å². The topological polar surface area (TPSA) is 58.8 Å². The van der Waals surface area contributed by atoms with E-state index in [-0.39, 0.29) is 35.5 Å². The highest BCUT2D eigenvalue weighted by atomic mass is 127. The molecule has 0 saturated carbocycles. The van der Waals surface area contributed by atoms with E-state index in [9.17, 15) is 0 Å². The van der Waals surface area contributed by atoms with Gasteiger partial charge in [-0.3, -0.25) is 4.99 Å². The van der Waals surface area contributed by atoms with Crippen LogP contribution in [-0.4, -0.2) is 38.8 Å². The Morgan fingerprint density at radius 2 is 2.00 bits per heavy atom. The number of halogens is 1. The fourth-order valence-corrected chi connectivity index (χ4v) is 3.92. The molecule has 2 unspecified atom stereocenters. The molecular weight excluding hydrogens is 465 g/mol. The average molecular weight is 499 g/mol. The molecule has 0 spiro atoms. The van der Waals surface area contributed by atoms with Gasteiger partial charge in [-0.25, -0.2) is 0 Å². The van der Waals surface area contributed by atoms with Crippen molar-refractivity contribution < 1.29 is 9.15 Å². The molecule has 1 aliphatic rings. The van der Waals surface area contributed by atoms with Crippen LogP contribution in [-0.2, 0) is 11.2 Å². The number of nitrogens with one attached hydrogen (secondary N) is 2. The third kappa shape index (κ3) is 6.11. The molecule has 0 radical (unpaired) electrons. The fraction of sp³-hybridized carbons (Fsp3) is 0.591.